The summed E-state index contributed by atoms with van der Waals surface area (Å²) in [6.45, 7) is 1.50. The fraction of sp³-hybridized carbons (Fsp3) is 0.214. The monoisotopic (exact) mass is 628 g/mol. The van der Waals surface area contributed by atoms with Crippen molar-refractivity contribution in [3.8, 4) is 23.1 Å². The molecule has 0 radical (unpaired) electrons. The summed E-state index contributed by atoms with van der Waals surface area (Å²) in [5, 5.41) is 18.7. The minimum absolute atomic E-state index is 0.116. The summed E-state index contributed by atoms with van der Waals surface area (Å²) >= 11 is 6.57. The number of primary amides is 1. The number of hydrogen-bond donors (Lipinski definition) is 3. The highest BCUT2D eigenvalue weighted by atomic mass is 35.5. The van der Waals surface area contributed by atoms with Crippen LogP contribution >= 0.6 is 11.6 Å². The zero-order chi connectivity index (χ0) is 31.8. The number of aryl methyl sites for hydroxylation is 1. The molecule has 1 saturated carbocycles. The number of halogens is 3. The molecule has 0 spiro atoms. The number of nitrogens with zero attached hydrogens (tertiary/aromatic N) is 4. The molecule has 16 heteroatoms. The highest BCUT2D eigenvalue weighted by Gasteiger charge is 2.55. The molecule has 1 fully saturated rings. The van der Waals surface area contributed by atoms with Gasteiger partial charge in [0.25, 0.3) is 5.88 Å². The third-order valence-electron chi connectivity index (χ3n) is 6.91. The predicted molar refractivity (Wildman–Crippen MR) is 149 cm³/mol. The van der Waals surface area contributed by atoms with E-state index in [1.165, 1.54) is 43.5 Å². The maximum atomic E-state index is 15.1. The summed E-state index contributed by atoms with van der Waals surface area (Å²) in [5.74, 6) is -3.03. The van der Waals surface area contributed by atoms with Crippen molar-refractivity contribution in [3.63, 3.8) is 0 Å². The molecule has 6 rings (SSSR count). The van der Waals surface area contributed by atoms with Crippen LogP contribution in [-0.2, 0) is 16.1 Å². The number of hydrogen-bond acceptors (Lipinski definition) is 9. The van der Waals surface area contributed by atoms with Crippen molar-refractivity contribution < 1.29 is 42.1 Å². The first kappa shape index (κ1) is 30.2. The second kappa shape index (κ2) is 11.8. The lowest BCUT2D eigenvalue weighted by Gasteiger charge is -2.14. The number of carboxylic acid groups (broad SMARTS) is 1. The third kappa shape index (κ3) is 5.68. The number of amides is 2. The van der Waals surface area contributed by atoms with E-state index in [1.807, 2.05) is 0 Å². The lowest BCUT2D eigenvalue weighted by Crippen LogP contribution is -2.40. The van der Waals surface area contributed by atoms with Gasteiger partial charge in [0.2, 0.25) is 29.3 Å². The average Bonchev–Trinajstić information content (AvgIpc) is 3.33. The van der Waals surface area contributed by atoms with Crippen LogP contribution in [0.3, 0.4) is 0 Å². The number of carbonyl (C=O) groups excluding carboxylic acids is 2. The predicted octanol–water partition coefficient (Wildman–Crippen LogP) is 4.18. The summed E-state index contributed by atoms with van der Waals surface area (Å²) in [6.07, 6.45) is 0.770. The molecule has 0 atom stereocenters. The normalized spacial score (nSPS) is 13.2. The first-order valence-electron chi connectivity index (χ1n) is 12.9. The van der Waals surface area contributed by atoms with Crippen LogP contribution in [0.15, 0.2) is 51.5 Å². The Balaban J connectivity index is 0.000000328. The Kier molecular flexibility index (Phi) is 8.06. The van der Waals surface area contributed by atoms with E-state index in [1.54, 1.807) is 17.6 Å². The lowest BCUT2D eigenvalue weighted by atomic mass is 10.1. The molecule has 3 aromatic heterocycles. The summed E-state index contributed by atoms with van der Waals surface area (Å²) < 4.78 is 44.6. The van der Waals surface area contributed by atoms with Crippen molar-refractivity contribution >= 4 is 40.3 Å². The molecule has 0 bridgehead atoms. The molecule has 13 nitrogen and oxygen atoms in total. The number of rotatable bonds is 8. The highest BCUT2D eigenvalue weighted by molar-refractivity contribution is 6.38. The molecule has 5 aromatic rings. The van der Waals surface area contributed by atoms with Gasteiger partial charge in [-0.2, -0.15) is 4.98 Å². The number of fused-ring (bicyclic) bond motifs is 1. The largest absolute Gasteiger partial charge is 0.479 e. The van der Waals surface area contributed by atoms with Crippen molar-refractivity contribution in [3.05, 3.63) is 76.3 Å². The number of ether oxygens (including phenoxy) is 1. The van der Waals surface area contributed by atoms with Gasteiger partial charge in [0, 0.05) is 30.1 Å². The van der Waals surface area contributed by atoms with Crippen LogP contribution < -0.4 is 15.8 Å². The van der Waals surface area contributed by atoms with Crippen LogP contribution in [0.25, 0.3) is 28.1 Å². The van der Waals surface area contributed by atoms with E-state index in [2.05, 4.69) is 29.9 Å². The maximum absolute atomic E-state index is 15.1. The minimum Gasteiger partial charge on any atom is -0.479 e. The van der Waals surface area contributed by atoms with Gasteiger partial charge in [-0.15, -0.1) is 0 Å². The smallest absolute Gasteiger partial charge is 0.374 e. The van der Waals surface area contributed by atoms with Crippen LogP contribution in [0.4, 0.5) is 8.78 Å². The molecular formula is C28H23ClF2N6O7. The topological polar surface area (TPSA) is 189 Å². The van der Waals surface area contributed by atoms with Crippen LogP contribution in [0, 0.1) is 24.0 Å². The van der Waals surface area contributed by atoms with Gasteiger partial charge in [0.1, 0.15) is 22.7 Å². The second-order valence-corrected chi connectivity index (χ2v) is 10.1. The van der Waals surface area contributed by atoms with E-state index < -0.39 is 34.8 Å². The van der Waals surface area contributed by atoms with Gasteiger partial charge >= 0.3 is 5.97 Å². The summed E-state index contributed by atoms with van der Waals surface area (Å²) in [6, 6.07) is 9.66. The van der Waals surface area contributed by atoms with Crippen molar-refractivity contribution in [2.45, 2.75) is 26.3 Å². The molecule has 44 heavy (non-hydrogen) atoms. The van der Waals surface area contributed by atoms with Crippen molar-refractivity contribution in [2.24, 2.45) is 11.1 Å². The second-order valence-electron chi connectivity index (χ2n) is 9.74. The van der Waals surface area contributed by atoms with E-state index in [-0.39, 0.29) is 34.6 Å². The Hall–Kier alpha value is -5.31. The van der Waals surface area contributed by atoms with E-state index in [0.29, 0.717) is 41.0 Å². The van der Waals surface area contributed by atoms with Crippen LogP contribution in [-0.4, -0.2) is 49.9 Å². The molecule has 0 unspecified atom stereocenters. The number of aromatic carboxylic acids is 1. The molecule has 3 heterocycles. The molecule has 4 N–H and O–H groups in total. The van der Waals surface area contributed by atoms with Crippen molar-refractivity contribution in [2.75, 3.05) is 7.11 Å². The number of carboxylic acids is 1. The molecule has 1 aliphatic rings. The molecule has 2 amide bonds. The first-order chi connectivity index (χ1) is 20.9. The molecule has 0 aliphatic heterocycles. The fourth-order valence-electron chi connectivity index (χ4n) is 4.42. The SMILES string of the molecule is COc1cc(C(=O)O)on1.Cc1nc(-c2c(Cl)c3cc(F)ccc3n2-c2ccc(CNC(=O)C3(C(N)=O)CC3)c(F)c2)no1. The van der Waals surface area contributed by atoms with Gasteiger partial charge in [-0.05, 0) is 48.3 Å². The average molecular weight is 629 g/mol. The first-order valence-corrected chi connectivity index (χ1v) is 13.2. The molecule has 1 aliphatic carbocycles. The number of nitrogens with one attached hydrogen (secondary N) is 1. The van der Waals surface area contributed by atoms with Crippen LogP contribution in [0.2, 0.25) is 5.02 Å². The number of nitrogens with two attached hydrogens (primary N) is 1. The van der Waals surface area contributed by atoms with Crippen LogP contribution in [0.1, 0.15) is 34.9 Å². The van der Waals surface area contributed by atoms with Crippen molar-refractivity contribution in [1.82, 2.24) is 25.2 Å². The quantitative estimate of drug-likeness (QED) is 0.210. The summed E-state index contributed by atoms with van der Waals surface area (Å²) in [7, 11) is 1.38. The molecule has 0 saturated heterocycles. The van der Waals surface area contributed by atoms with Gasteiger partial charge in [-0.25, -0.2) is 13.6 Å². The Morgan fingerprint density at radius 1 is 1.14 bits per heavy atom. The number of methoxy groups -OCH3 is 1. The van der Waals surface area contributed by atoms with Gasteiger partial charge in [0.05, 0.1) is 23.7 Å². The third-order valence-corrected chi connectivity index (χ3v) is 7.29. The zero-order valence-electron chi connectivity index (χ0n) is 23.1. The number of aromatic nitrogens is 4. The summed E-state index contributed by atoms with van der Waals surface area (Å²) in [5.41, 5.74) is 5.54. The van der Waals surface area contributed by atoms with Gasteiger partial charge in [-0.3, -0.25) is 9.59 Å². The fourth-order valence-corrected chi connectivity index (χ4v) is 4.74. The zero-order valence-corrected chi connectivity index (χ0v) is 23.8. The Labute approximate surface area is 251 Å². The maximum Gasteiger partial charge on any atom is 0.374 e. The van der Waals surface area contributed by atoms with Gasteiger partial charge in [0.15, 0.2) is 0 Å². The lowest BCUT2D eigenvalue weighted by molar-refractivity contribution is -0.135. The number of benzene rings is 2. The minimum atomic E-state index is -1.19. The van der Waals surface area contributed by atoms with Gasteiger partial charge < -0.3 is 34.5 Å². The standard InChI is InChI=1S/C23H18ClF2N5O3.C5H5NO4/c1-11-29-20(30-34-11)19-18(24)15-8-13(25)3-5-17(15)31(19)14-4-2-12(16(26)9-14)10-28-22(33)23(6-7-23)21(27)32;1-9-4-2-3(5(7)8)10-6-4/h2-5,8-9H,6-7,10H2,1H3,(H2,27,32)(H,28,33);2H,1H3,(H,7,8). The Morgan fingerprint density at radius 3 is 2.43 bits per heavy atom. The van der Waals surface area contributed by atoms with E-state index in [9.17, 15) is 18.8 Å². The van der Waals surface area contributed by atoms with E-state index >= 15 is 4.39 Å². The van der Waals surface area contributed by atoms with Gasteiger partial charge in [-0.1, -0.05) is 22.8 Å². The molecular weight excluding hydrogens is 606 g/mol. The van der Waals surface area contributed by atoms with Crippen molar-refractivity contribution in [1.29, 1.82) is 0 Å². The van der Waals surface area contributed by atoms with Crippen LogP contribution in [0.5, 0.6) is 5.88 Å². The summed E-state index contributed by atoms with van der Waals surface area (Å²) in [4.78, 5) is 38.2. The molecule has 2 aromatic carbocycles. The Bertz CT molecular complexity index is 1910. The molecule has 228 valence electrons. The number of carbonyl (C=O) groups is 3. The highest BCUT2D eigenvalue weighted by Crippen LogP contribution is 2.45. The van der Waals surface area contributed by atoms with E-state index in [4.69, 9.17) is 27.0 Å². The van der Waals surface area contributed by atoms with E-state index in [0.717, 1.165) is 0 Å². The Morgan fingerprint density at radius 2 is 1.89 bits per heavy atom.